The Morgan fingerprint density at radius 3 is 2.52 bits per heavy atom. The van der Waals surface area contributed by atoms with Gasteiger partial charge in [-0.2, -0.15) is 0 Å². The molecule has 1 aromatic carbocycles. The van der Waals surface area contributed by atoms with E-state index in [2.05, 4.69) is 10.1 Å². The van der Waals surface area contributed by atoms with E-state index in [1.165, 1.54) is 21.7 Å². The van der Waals surface area contributed by atoms with Gasteiger partial charge in [-0.15, -0.1) is 5.10 Å². The third-order valence-electron chi connectivity index (χ3n) is 3.86. The molecule has 0 fully saturated rings. The quantitative estimate of drug-likeness (QED) is 0.765. The van der Waals surface area contributed by atoms with Gasteiger partial charge in [0.15, 0.2) is 0 Å². The van der Waals surface area contributed by atoms with Gasteiger partial charge in [0, 0.05) is 19.0 Å². The van der Waals surface area contributed by atoms with Gasteiger partial charge in [-0.25, -0.2) is 14.1 Å². The molecule has 0 bridgehead atoms. The highest BCUT2D eigenvalue weighted by Gasteiger charge is 2.25. The Morgan fingerprint density at radius 2 is 1.96 bits per heavy atom. The average Bonchev–Trinajstić information content (AvgIpc) is 3.03. The summed E-state index contributed by atoms with van der Waals surface area (Å²) < 4.78 is 15.1. The summed E-state index contributed by atoms with van der Waals surface area (Å²) in [5, 5.41) is 13.2. The molecule has 2 rings (SSSR count). The van der Waals surface area contributed by atoms with E-state index < -0.39 is 17.7 Å². The van der Waals surface area contributed by atoms with Crippen molar-refractivity contribution in [1.82, 2.24) is 19.7 Å². The molecule has 7 nitrogen and oxygen atoms in total. The largest absolute Gasteiger partial charge is 0.481 e. The summed E-state index contributed by atoms with van der Waals surface area (Å²) in [7, 11) is 0. The van der Waals surface area contributed by atoms with Crippen molar-refractivity contribution in [3.05, 3.63) is 41.7 Å². The summed E-state index contributed by atoms with van der Waals surface area (Å²) in [6.45, 7) is 8.18. The van der Waals surface area contributed by atoms with E-state index in [4.69, 9.17) is 5.11 Å². The molecule has 0 saturated carbocycles. The third kappa shape index (κ3) is 5.35. The van der Waals surface area contributed by atoms with Gasteiger partial charge >= 0.3 is 5.97 Å². The second-order valence-corrected chi connectivity index (χ2v) is 7.13. The summed E-state index contributed by atoms with van der Waals surface area (Å²) in [6.07, 6.45) is -0.153. The lowest BCUT2D eigenvalue weighted by Crippen LogP contribution is -2.36. The Labute approximate surface area is 157 Å². The van der Waals surface area contributed by atoms with Crippen molar-refractivity contribution in [2.24, 2.45) is 5.92 Å². The molecule has 1 aromatic heterocycles. The monoisotopic (exact) mass is 376 g/mol. The van der Waals surface area contributed by atoms with Crippen LogP contribution in [0.5, 0.6) is 0 Å². The lowest BCUT2D eigenvalue weighted by molar-refractivity contribution is -0.137. The highest BCUT2D eigenvalue weighted by atomic mass is 19.1. The van der Waals surface area contributed by atoms with Crippen molar-refractivity contribution in [3.63, 3.8) is 0 Å². The fourth-order valence-corrected chi connectivity index (χ4v) is 2.67. The zero-order valence-electron chi connectivity index (χ0n) is 16.0. The molecule has 8 heteroatoms. The van der Waals surface area contributed by atoms with Crippen molar-refractivity contribution in [2.45, 2.75) is 40.0 Å². The molecule has 0 radical (unpaired) electrons. The Morgan fingerprint density at radius 1 is 1.26 bits per heavy atom. The van der Waals surface area contributed by atoms with E-state index in [1.807, 2.05) is 27.7 Å². The van der Waals surface area contributed by atoms with Gasteiger partial charge < -0.3 is 10.0 Å². The number of carbonyl (C=O) groups excluding carboxylic acids is 1. The van der Waals surface area contributed by atoms with Gasteiger partial charge in [-0.05, 0) is 24.1 Å². The van der Waals surface area contributed by atoms with Crippen LogP contribution in [0, 0.1) is 11.7 Å². The number of hydrogen-bond acceptors (Lipinski definition) is 4. The highest BCUT2D eigenvalue weighted by molar-refractivity contribution is 5.90. The van der Waals surface area contributed by atoms with Gasteiger partial charge in [-0.3, -0.25) is 9.59 Å². The average molecular weight is 376 g/mol. The number of hydrogen-bond donors (Lipinski definition) is 1. The number of amides is 1. The first-order chi connectivity index (χ1) is 12.7. The number of halogens is 1. The van der Waals surface area contributed by atoms with E-state index in [9.17, 15) is 14.0 Å². The first-order valence-electron chi connectivity index (χ1n) is 8.93. The Kier molecular flexibility index (Phi) is 6.65. The predicted molar refractivity (Wildman–Crippen MR) is 98.4 cm³/mol. The minimum Gasteiger partial charge on any atom is -0.481 e. The predicted octanol–water partition coefficient (Wildman–Crippen LogP) is 3.10. The second-order valence-electron chi connectivity index (χ2n) is 7.13. The van der Waals surface area contributed by atoms with Gasteiger partial charge in [0.1, 0.15) is 11.6 Å². The fraction of sp³-hybridized carbons (Fsp3) is 0.474. The lowest BCUT2D eigenvalue weighted by Gasteiger charge is -2.22. The molecular weight excluding hydrogens is 351 g/mol. The zero-order chi connectivity index (χ0) is 20.1. The number of benzene rings is 1. The number of nitrogens with zero attached hydrogens (tertiary/aromatic N) is 4. The molecule has 1 amide bonds. The van der Waals surface area contributed by atoms with Crippen LogP contribution in [-0.2, 0) is 4.79 Å². The number of carboxylic acids is 1. The van der Waals surface area contributed by atoms with Crippen molar-refractivity contribution >= 4 is 11.9 Å². The number of aliphatic carboxylic acids is 1. The van der Waals surface area contributed by atoms with Crippen LogP contribution >= 0.6 is 0 Å². The van der Waals surface area contributed by atoms with E-state index in [-0.39, 0.29) is 30.6 Å². The number of carbonyl (C=O) groups is 2. The molecule has 0 aliphatic rings. The standard InChI is InChI=1S/C19H25FN4O3/c1-12(2)11-23(9-8-16(25)26)19(27)17-21-18(13(3)4)24(22-17)15-7-5-6-14(20)10-15/h5-7,10,12-13H,8-9,11H2,1-4H3,(H,25,26). The second kappa shape index (κ2) is 8.75. The minimum absolute atomic E-state index is 0.0194. The van der Waals surface area contributed by atoms with E-state index in [0.29, 0.717) is 18.1 Å². The maximum absolute atomic E-state index is 13.6. The summed E-state index contributed by atoms with van der Waals surface area (Å²) in [6, 6.07) is 5.91. The third-order valence-corrected chi connectivity index (χ3v) is 3.86. The topological polar surface area (TPSA) is 88.3 Å². The maximum atomic E-state index is 13.6. The van der Waals surface area contributed by atoms with Gasteiger partial charge in [0.2, 0.25) is 5.82 Å². The van der Waals surface area contributed by atoms with E-state index in [1.54, 1.807) is 12.1 Å². The molecule has 0 saturated heterocycles. The number of rotatable bonds is 8. The van der Waals surface area contributed by atoms with Crippen LogP contribution in [0.4, 0.5) is 4.39 Å². The smallest absolute Gasteiger partial charge is 0.305 e. The molecule has 0 unspecified atom stereocenters. The van der Waals surface area contributed by atoms with Crippen LogP contribution in [0.25, 0.3) is 5.69 Å². The van der Waals surface area contributed by atoms with Gasteiger partial charge in [0.25, 0.3) is 5.91 Å². The molecule has 27 heavy (non-hydrogen) atoms. The lowest BCUT2D eigenvalue weighted by atomic mass is 10.2. The molecular formula is C19H25FN4O3. The number of aromatic nitrogens is 3. The zero-order valence-corrected chi connectivity index (χ0v) is 16.0. The summed E-state index contributed by atoms with van der Waals surface area (Å²) in [5.41, 5.74) is 0.478. The van der Waals surface area contributed by atoms with Gasteiger partial charge in [-0.1, -0.05) is 33.8 Å². The van der Waals surface area contributed by atoms with Crippen molar-refractivity contribution in [3.8, 4) is 5.69 Å². The SMILES string of the molecule is CC(C)CN(CCC(=O)O)C(=O)c1nc(C(C)C)n(-c2cccc(F)c2)n1. The molecule has 0 aliphatic heterocycles. The molecule has 0 aliphatic carbocycles. The van der Waals surface area contributed by atoms with Crippen molar-refractivity contribution in [1.29, 1.82) is 0 Å². The Hall–Kier alpha value is -2.77. The van der Waals surface area contributed by atoms with Crippen LogP contribution in [0.2, 0.25) is 0 Å². The summed E-state index contributed by atoms with van der Waals surface area (Å²) >= 11 is 0. The number of carboxylic acid groups (broad SMARTS) is 1. The van der Waals surface area contributed by atoms with Crippen molar-refractivity contribution in [2.75, 3.05) is 13.1 Å². The van der Waals surface area contributed by atoms with Crippen molar-refractivity contribution < 1.29 is 19.1 Å². The molecule has 0 atom stereocenters. The first kappa shape index (κ1) is 20.5. The maximum Gasteiger partial charge on any atom is 0.305 e. The normalized spacial score (nSPS) is 11.2. The molecule has 1 heterocycles. The van der Waals surface area contributed by atoms with E-state index >= 15 is 0 Å². The van der Waals surface area contributed by atoms with E-state index in [0.717, 1.165) is 0 Å². The van der Waals surface area contributed by atoms with Gasteiger partial charge in [0.05, 0.1) is 12.1 Å². The molecule has 146 valence electrons. The summed E-state index contributed by atoms with van der Waals surface area (Å²) in [5.74, 6) is -1.17. The van der Waals surface area contributed by atoms with Crippen LogP contribution in [0.1, 0.15) is 56.5 Å². The van der Waals surface area contributed by atoms with Crippen LogP contribution < -0.4 is 0 Å². The Bertz CT molecular complexity index is 817. The molecule has 1 N–H and O–H groups in total. The van der Waals surface area contributed by atoms with Crippen LogP contribution in [0.15, 0.2) is 24.3 Å². The van der Waals surface area contributed by atoms with Crippen LogP contribution in [0.3, 0.4) is 0 Å². The molecule has 0 spiro atoms. The molecule has 2 aromatic rings. The highest BCUT2D eigenvalue weighted by Crippen LogP contribution is 2.19. The van der Waals surface area contributed by atoms with Crippen LogP contribution in [-0.4, -0.2) is 49.7 Å². The Balaban J connectivity index is 2.39. The summed E-state index contributed by atoms with van der Waals surface area (Å²) in [4.78, 5) is 29.6. The fourth-order valence-electron chi connectivity index (χ4n) is 2.67. The first-order valence-corrected chi connectivity index (χ1v) is 8.93. The minimum atomic E-state index is -0.974.